The molecule has 0 saturated carbocycles. The number of hydrogen-bond donors (Lipinski definition) is 2. The van der Waals surface area contributed by atoms with Crippen LogP contribution in [0.2, 0.25) is 0 Å². The van der Waals surface area contributed by atoms with E-state index in [1.54, 1.807) is 7.11 Å². The first kappa shape index (κ1) is 23.5. The van der Waals surface area contributed by atoms with Gasteiger partial charge in [0.05, 0.1) is 19.3 Å². The second-order valence-corrected chi connectivity index (χ2v) is 7.31. The van der Waals surface area contributed by atoms with Crippen LogP contribution < -0.4 is 20.5 Å². The highest BCUT2D eigenvalue weighted by Gasteiger charge is 2.02. The fourth-order valence-corrected chi connectivity index (χ4v) is 2.66. The molecule has 3 N–H and O–H groups in total. The van der Waals surface area contributed by atoms with E-state index in [4.69, 9.17) is 19.9 Å². The summed E-state index contributed by atoms with van der Waals surface area (Å²) in [4.78, 5) is 6.59. The number of ether oxygens (including phenoxy) is 3. The van der Waals surface area contributed by atoms with Gasteiger partial charge in [-0.15, -0.1) is 0 Å². The Morgan fingerprint density at radius 2 is 1.80 bits per heavy atom. The molecule has 7 heteroatoms. The molecule has 2 aromatic carbocycles. The number of likely N-dealkylation sites (N-methyl/N-ethyl adjacent to an activating group) is 1. The highest BCUT2D eigenvalue weighted by atomic mass is 16.5. The molecule has 0 atom stereocenters. The Morgan fingerprint density at radius 1 is 1.07 bits per heavy atom. The van der Waals surface area contributed by atoms with Crippen molar-refractivity contribution in [1.29, 1.82) is 0 Å². The van der Waals surface area contributed by atoms with Crippen LogP contribution in [0.4, 0.5) is 5.69 Å². The topological polar surface area (TPSA) is 81.3 Å². The smallest absolute Gasteiger partial charge is 0.193 e. The lowest BCUT2D eigenvalue weighted by molar-refractivity contribution is 0.150. The molecule has 0 fully saturated rings. The number of nitrogens with zero attached hydrogens (tertiary/aromatic N) is 2. The zero-order chi connectivity index (χ0) is 21.8. The normalized spacial score (nSPS) is 11.7. The van der Waals surface area contributed by atoms with Gasteiger partial charge in [0, 0.05) is 25.9 Å². The number of hydrogen-bond acceptors (Lipinski definition) is 5. The van der Waals surface area contributed by atoms with Crippen molar-refractivity contribution in [3.05, 3.63) is 54.1 Å². The predicted octanol–water partition coefficient (Wildman–Crippen LogP) is 3.36. The first-order valence-electron chi connectivity index (χ1n) is 10.2. The van der Waals surface area contributed by atoms with E-state index in [2.05, 4.69) is 15.2 Å². The molecule has 0 spiro atoms. The maximum Gasteiger partial charge on any atom is 0.193 e. The summed E-state index contributed by atoms with van der Waals surface area (Å²) in [6.45, 7) is 7.52. The summed E-state index contributed by atoms with van der Waals surface area (Å²) in [6, 6.07) is 15.6. The number of aliphatic imine (C=N–C) groups is 1. The molecule has 0 saturated heterocycles. The van der Waals surface area contributed by atoms with E-state index in [1.165, 1.54) is 0 Å². The van der Waals surface area contributed by atoms with Crippen molar-refractivity contribution in [1.82, 2.24) is 4.90 Å². The minimum atomic E-state index is 0.145. The van der Waals surface area contributed by atoms with Crippen LogP contribution in [-0.2, 0) is 11.3 Å². The van der Waals surface area contributed by atoms with Gasteiger partial charge in [0.25, 0.3) is 0 Å². The number of rotatable bonds is 12. The van der Waals surface area contributed by atoms with E-state index < -0.39 is 0 Å². The first-order valence-corrected chi connectivity index (χ1v) is 10.2. The Labute approximate surface area is 179 Å². The monoisotopic (exact) mass is 414 g/mol. The average molecular weight is 415 g/mol. The molecule has 7 nitrogen and oxygen atoms in total. The van der Waals surface area contributed by atoms with Gasteiger partial charge in [-0.1, -0.05) is 12.1 Å². The van der Waals surface area contributed by atoms with Crippen molar-refractivity contribution in [2.24, 2.45) is 10.7 Å². The molecule has 0 radical (unpaired) electrons. The van der Waals surface area contributed by atoms with Crippen molar-refractivity contribution in [3.63, 3.8) is 0 Å². The van der Waals surface area contributed by atoms with Crippen LogP contribution in [0, 0.1) is 0 Å². The SMILES string of the molecule is COCCN(C)CCOc1cccc(CN=C(N)Nc2ccc(OC(C)C)cc2)c1. The predicted molar refractivity (Wildman–Crippen MR) is 122 cm³/mol. The summed E-state index contributed by atoms with van der Waals surface area (Å²) < 4.78 is 16.6. The molecule has 0 heterocycles. The maximum absolute atomic E-state index is 6.02. The molecule has 0 aliphatic rings. The molecule has 0 amide bonds. The molecule has 0 aliphatic heterocycles. The molecule has 2 aromatic rings. The molecule has 2 rings (SSSR count). The lowest BCUT2D eigenvalue weighted by Gasteiger charge is -2.16. The molecule has 164 valence electrons. The van der Waals surface area contributed by atoms with Gasteiger partial charge in [0.15, 0.2) is 5.96 Å². The van der Waals surface area contributed by atoms with E-state index >= 15 is 0 Å². The third-order valence-corrected chi connectivity index (χ3v) is 4.25. The first-order chi connectivity index (χ1) is 14.5. The van der Waals surface area contributed by atoms with Crippen LogP contribution in [0.5, 0.6) is 11.5 Å². The zero-order valence-corrected chi connectivity index (χ0v) is 18.4. The molecule has 0 aliphatic carbocycles. The maximum atomic E-state index is 6.02. The molecule has 0 unspecified atom stereocenters. The largest absolute Gasteiger partial charge is 0.492 e. The average Bonchev–Trinajstić information content (AvgIpc) is 2.72. The molecular weight excluding hydrogens is 380 g/mol. The van der Waals surface area contributed by atoms with Gasteiger partial charge < -0.3 is 30.2 Å². The molecule has 0 aromatic heterocycles. The van der Waals surface area contributed by atoms with Crippen LogP contribution in [-0.4, -0.2) is 57.4 Å². The van der Waals surface area contributed by atoms with Crippen molar-refractivity contribution in [2.75, 3.05) is 45.8 Å². The Balaban J connectivity index is 1.81. The number of nitrogens with two attached hydrogens (primary N) is 1. The van der Waals surface area contributed by atoms with E-state index in [0.717, 1.165) is 42.4 Å². The van der Waals surface area contributed by atoms with E-state index in [9.17, 15) is 0 Å². The van der Waals surface area contributed by atoms with Crippen molar-refractivity contribution in [3.8, 4) is 11.5 Å². The molecule has 30 heavy (non-hydrogen) atoms. The van der Waals surface area contributed by atoms with Gasteiger partial charge in [0.2, 0.25) is 0 Å². The summed E-state index contributed by atoms with van der Waals surface area (Å²) in [5.41, 5.74) is 7.92. The van der Waals surface area contributed by atoms with E-state index in [-0.39, 0.29) is 6.10 Å². The Morgan fingerprint density at radius 3 is 2.50 bits per heavy atom. The number of benzene rings is 2. The lowest BCUT2D eigenvalue weighted by atomic mass is 10.2. The van der Waals surface area contributed by atoms with Gasteiger partial charge in [-0.3, -0.25) is 0 Å². The second kappa shape index (κ2) is 12.7. The summed E-state index contributed by atoms with van der Waals surface area (Å²) in [7, 11) is 3.76. The van der Waals surface area contributed by atoms with Crippen molar-refractivity contribution < 1.29 is 14.2 Å². The van der Waals surface area contributed by atoms with Gasteiger partial charge in [0.1, 0.15) is 18.1 Å². The quantitative estimate of drug-likeness (QED) is 0.409. The minimum absolute atomic E-state index is 0.145. The third-order valence-electron chi connectivity index (χ3n) is 4.25. The summed E-state index contributed by atoms with van der Waals surface area (Å²) in [5, 5.41) is 3.10. The number of anilines is 1. The van der Waals surface area contributed by atoms with Crippen molar-refractivity contribution in [2.45, 2.75) is 26.5 Å². The second-order valence-electron chi connectivity index (χ2n) is 7.31. The van der Waals surface area contributed by atoms with Crippen LogP contribution in [0.15, 0.2) is 53.5 Å². The van der Waals surface area contributed by atoms with Crippen LogP contribution in [0.1, 0.15) is 19.4 Å². The van der Waals surface area contributed by atoms with Gasteiger partial charge in [-0.05, 0) is 62.9 Å². The standard InChI is InChI=1S/C23H34N4O3/c1-18(2)30-21-10-8-20(9-11-21)26-23(24)25-17-19-6-5-7-22(16-19)29-15-13-27(3)12-14-28-4/h5-11,16,18H,12-15,17H2,1-4H3,(H3,24,25,26). The molecule has 0 bridgehead atoms. The highest BCUT2D eigenvalue weighted by molar-refractivity contribution is 5.92. The van der Waals surface area contributed by atoms with Gasteiger partial charge in [-0.25, -0.2) is 4.99 Å². The summed E-state index contributed by atoms with van der Waals surface area (Å²) in [6.07, 6.45) is 0.145. The minimum Gasteiger partial charge on any atom is -0.492 e. The zero-order valence-electron chi connectivity index (χ0n) is 18.4. The Bertz CT molecular complexity index is 778. The van der Waals surface area contributed by atoms with E-state index in [0.29, 0.717) is 19.1 Å². The fourth-order valence-electron chi connectivity index (χ4n) is 2.66. The van der Waals surface area contributed by atoms with Gasteiger partial charge >= 0.3 is 0 Å². The van der Waals surface area contributed by atoms with Crippen LogP contribution in [0.25, 0.3) is 0 Å². The lowest BCUT2D eigenvalue weighted by Crippen LogP contribution is -2.27. The fraction of sp³-hybridized carbons (Fsp3) is 0.435. The Hall–Kier alpha value is -2.77. The highest BCUT2D eigenvalue weighted by Crippen LogP contribution is 2.17. The van der Waals surface area contributed by atoms with E-state index in [1.807, 2.05) is 69.4 Å². The Kier molecular flexibility index (Phi) is 9.97. The molecular formula is C23H34N4O3. The summed E-state index contributed by atoms with van der Waals surface area (Å²) >= 11 is 0. The number of nitrogens with one attached hydrogen (secondary N) is 1. The van der Waals surface area contributed by atoms with Crippen LogP contribution >= 0.6 is 0 Å². The third kappa shape index (κ3) is 9.15. The summed E-state index contributed by atoms with van der Waals surface area (Å²) in [5.74, 6) is 2.02. The number of guanidine groups is 1. The number of methoxy groups -OCH3 is 1. The van der Waals surface area contributed by atoms with Crippen molar-refractivity contribution >= 4 is 11.6 Å². The van der Waals surface area contributed by atoms with Gasteiger partial charge in [-0.2, -0.15) is 0 Å². The van der Waals surface area contributed by atoms with Crippen LogP contribution in [0.3, 0.4) is 0 Å².